The number of hydrogen-bond donors (Lipinski definition) is 0. The molecule has 0 fully saturated rings. The highest BCUT2D eigenvalue weighted by Gasteiger charge is 2.20. The van der Waals surface area contributed by atoms with Gasteiger partial charge in [-0.15, -0.1) is 0 Å². The minimum absolute atomic E-state index is 0.601. The summed E-state index contributed by atoms with van der Waals surface area (Å²) >= 11 is 0. The molecular formula is C72H46N6. The molecule has 0 spiro atoms. The highest BCUT2D eigenvalue weighted by molar-refractivity contribution is 6.06. The van der Waals surface area contributed by atoms with Crippen LogP contribution in [0.3, 0.4) is 0 Å². The predicted octanol–water partition coefficient (Wildman–Crippen LogP) is 18.2. The molecule has 364 valence electrons. The van der Waals surface area contributed by atoms with E-state index >= 15 is 0 Å². The Kier molecular flexibility index (Phi) is 11.8. The van der Waals surface area contributed by atoms with E-state index in [1.165, 1.54) is 16.2 Å². The van der Waals surface area contributed by atoms with E-state index in [0.717, 1.165) is 112 Å². The Hall–Kier alpha value is -10.6. The SMILES string of the molecule is c1ccc(-c2cc(-c3ccccc3)nc(-c3ccc(-c4nc(-c5ccc(-c6nc(-c7ccccc7)cc(-c7ccccc7)n6)cc5)c5cc(-c6ccc7ccccc7c6)cc(-c6ccc7ccccc7c6)c5n4)cc3)n2)cc1. The second kappa shape index (κ2) is 19.9. The van der Waals surface area contributed by atoms with Gasteiger partial charge >= 0.3 is 0 Å². The van der Waals surface area contributed by atoms with Crippen LogP contribution >= 0.6 is 0 Å². The molecule has 0 aliphatic rings. The summed E-state index contributed by atoms with van der Waals surface area (Å²) in [6, 6.07) is 97.1. The maximum atomic E-state index is 5.56. The average molecular weight is 995 g/mol. The maximum Gasteiger partial charge on any atom is 0.160 e. The average Bonchev–Trinajstić information content (AvgIpc) is 3.53. The van der Waals surface area contributed by atoms with Crippen LogP contribution in [0.25, 0.3) is 145 Å². The Morgan fingerprint density at radius 3 is 0.974 bits per heavy atom. The molecule has 14 aromatic rings. The van der Waals surface area contributed by atoms with Crippen LogP contribution in [0, 0.1) is 0 Å². The van der Waals surface area contributed by atoms with E-state index in [4.69, 9.17) is 29.9 Å². The van der Waals surface area contributed by atoms with E-state index in [2.05, 4.69) is 206 Å². The normalized spacial score (nSPS) is 11.3. The zero-order valence-electron chi connectivity index (χ0n) is 42.2. The molecule has 6 nitrogen and oxygen atoms in total. The van der Waals surface area contributed by atoms with Gasteiger partial charge in [-0.3, -0.25) is 0 Å². The summed E-state index contributed by atoms with van der Waals surface area (Å²) in [5.74, 6) is 1.88. The van der Waals surface area contributed by atoms with Gasteiger partial charge in [-0.25, -0.2) is 29.9 Å². The summed E-state index contributed by atoms with van der Waals surface area (Å²) < 4.78 is 0. The van der Waals surface area contributed by atoms with Gasteiger partial charge in [-0.05, 0) is 74.6 Å². The van der Waals surface area contributed by atoms with E-state index in [1.807, 2.05) is 72.8 Å². The summed E-state index contributed by atoms with van der Waals surface area (Å²) in [4.78, 5) is 31.7. The second-order valence-electron chi connectivity index (χ2n) is 19.5. The van der Waals surface area contributed by atoms with Gasteiger partial charge in [-0.2, -0.15) is 0 Å². The smallest absolute Gasteiger partial charge is 0.160 e. The highest BCUT2D eigenvalue weighted by Crippen LogP contribution is 2.41. The number of aromatic nitrogens is 6. The van der Waals surface area contributed by atoms with Crippen LogP contribution in [0.15, 0.2) is 279 Å². The number of fused-ring (bicyclic) bond motifs is 3. The largest absolute Gasteiger partial charge is 0.228 e. The van der Waals surface area contributed by atoms with Crippen molar-refractivity contribution in [2.75, 3.05) is 0 Å². The van der Waals surface area contributed by atoms with Gasteiger partial charge in [0.1, 0.15) is 0 Å². The van der Waals surface area contributed by atoms with Gasteiger partial charge in [0, 0.05) is 55.5 Å². The molecule has 0 atom stereocenters. The van der Waals surface area contributed by atoms with Crippen molar-refractivity contribution in [1.82, 2.24) is 29.9 Å². The quantitative estimate of drug-likeness (QED) is 0.136. The van der Waals surface area contributed by atoms with Crippen molar-refractivity contribution < 1.29 is 0 Å². The van der Waals surface area contributed by atoms with Gasteiger partial charge in [0.2, 0.25) is 0 Å². The third-order valence-electron chi connectivity index (χ3n) is 14.5. The van der Waals surface area contributed by atoms with Crippen LogP contribution in [-0.2, 0) is 0 Å². The molecule has 3 heterocycles. The summed E-state index contributed by atoms with van der Waals surface area (Å²) in [6.07, 6.45) is 0. The fourth-order valence-electron chi connectivity index (χ4n) is 10.4. The molecule has 0 aliphatic carbocycles. The number of nitrogens with zero attached hydrogens (tertiary/aromatic N) is 6. The lowest BCUT2D eigenvalue weighted by Crippen LogP contribution is -1.99. The monoisotopic (exact) mass is 994 g/mol. The molecule has 0 aliphatic heterocycles. The zero-order valence-corrected chi connectivity index (χ0v) is 42.2. The third kappa shape index (κ3) is 9.03. The zero-order chi connectivity index (χ0) is 51.8. The van der Waals surface area contributed by atoms with Crippen LogP contribution in [0.2, 0.25) is 0 Å². The molecule has 6 heteroatoms. The van der Waals surface area contributed by atoms with E-state index in [9.17, 15) is 0 Å². The van der Waals surface area contributed by atoms with E-state index < -0.39 is 0 Å². The molecule has 3 aromatic heterocycles. The molecule has 11 aromatic carbocycles. The molecule has 0 bridgehead atoms. The fourth-order valence-corrected chi connectivity index (χ4v) is 10.4. The van der Waals surface area contributed by atoms with Crippen LogP contribution in [0.4, 0.5) is 0 Å². The number of benzene rings is 11. The van der Waals surface area contributed by atoms with Gasteiger partial charge in [0.15, 0.2) is 17.5 Å². The summed E-state index contributed by atoms with van der Waals surface area (Å²) in [7, 11) is 0. The van der Waals surface area contributed by atoms with E-state index in [1.54, 1.807) is 0 Å². The fraction of sp³-hybridized carbons (Fsp3) is 0. The molecular weight excluding hydrogens is 949 g/mol. The Morgan fingerprint density at radius 2 is 0.538 bits per heavy atom. The van der Waals surface area contributed by atoms with Crippen molar-refractivity contribution in [3.63, 3.8) is 0 Å². The second-order valence-corrected chi connectivity index (χ2v) is 19.5. The Labute approximate surface area is 451 Å². The molecule has 0 radical (unpaired) electrons. The number of rotatable bonds is 10. The highest BCUT2D eigenvalue weighted by atomic mass is 14.9. The molecule has 0 amide bonds. The van der Waals surface area contributed by atoms with Gasteiger partial charge in [0.25, 0.3) is 0 Å². The predicted molar refractivity (Wildman–Crippen MR) is 320 cm³/mol. The maximum absolute atomic E-state index is 5.56. The molecule has 0 unspecified atom stereocenters. The first kappa shape index (κ1) is 46.0. The summed E-state index contributed by atoms with van der Waals surface area (Å²) in [5.41, 5.74) is 17.0. The minimum atomic E-state index is 0.601. The molecule has 78 heavy (non-hydrogen) atoms. The first-order valence-electron chi connectivity index (χ1n) is 26.2. The first-order chi connectivity index (χ1) is 38.6. The standard InChI is InChI=1S/C72H46N6/c1-5-19-49(20-6-1)64-45-65(50-21-7-2-8-22-50)74-70(73-64)54-33-31-53(32-34-54)68-63-44-61(59-39-29-47-17-13-15-27-57(47)41-59)43-62(60-40-30-48-18-14-16-28-58(48)42-60)69(63)78-72(77-68)56-37-35-55(36-38-56)71-75-66(51-23-9-3-10-24-51)46-67(76-71)52-25-11-4-12-26-52/h1-46H. The lowest BCUT2D eigenvalue weighted by Gasteiger charge is -2.16. The van der Waals surface area contributed by atoms with Crippen LogP contribution in [0.1, 0.15) is 0 Å². The summed E-state index contributed by atoms with van der Waals surface area (Å²) in [6.45, 7) is 0. The third-order valence-corrected chi connectivity index (χ3v) is 14.5. The molecule has 14 rings (SSSR count). The Balaban J connectivity index is 0.952. The van der Waals surface area contributed by atoms with Gasteiger partial charge in [0.05, 0.1) is 34.0 Å². The van der Waals surface area contributed by atoms with Crippen LogP contribution in [-0.4, -0.2) is 29.9 Å². The van der Waals surface area contributed by atoms with E-state index in [0.29, 0.717) is 17.5 Å². The van der Waals surface area contributed by atoms with Crippen molar-refractivity contribution in [2.24, 2.45) is 0 Å². The van der Waals surface area contributed by atoms with Crippen molar-refractivity contribution in [2.45, 2.75) is 0 Å². The van der Waals surface area contributed by atoms with Crippen molar-refractivity contribution in [3.8, 4) is 113 Å². The van der Waals surface area contributed by atoms with Crippen LogP contribution < -0.4 is 0 Å². The van der Waals surface area contributed by atoms with Gasteiger partial charge in [-0.1, -0.05) is 243 Å². The van der Waals surface area contributed by atoms with E-state index in [-0.39, 0.29) is 0 Å². The molecule has 0 N–H and O–H groups in total. The lowest BCUT2D eigenvalue weighted by atomic mass is 9.92. The first-order valence-corrected chi connectivity index (χ1v) is 26.2. The molecule has 0 saturated heterocycles. The Morgan fingerprint density at radius 1 is 0.192 bits per heavy atom. The van der Waals surface area contributed by atoms with Gasteiger partial charge < -0.3 is 0 Å². The molecule has 0 saturated carbocycles. The summed E-state index contributed by atoms with van der Waals surface area (Å²) in [5, 5.41) is 5.64. The topological polar surface area (TPSA) is 77.3 Å². The lowest BCUT2D eigenvalue weighted by molar-refractivity contribution is 1.18. The van der Waals surface area contributed by atoms with Crippen molar-refractivity contribution >= 4 is 32.4 Å². The van der Waals surface area contributed by atoms with Crippen LogP contribution in [0.5, 0.6) is 0 Å². The Bertz CT molecular complexity index is 4390. The van der Waals surface area contributed by atoms with Crippen molar-refractivity contribution in [3.05, 3.63) is 279 Å². The number of hydrogen-bond acceptors (Lipinski definition) is 6. The minimum Gasteiger partial charge on any atom is -0.228 e. The van der Waals surface area contributed by atoms with Crippen molar-refractivity contribution in [1.29, 1.82) is 0 Å².